The minimum absolute atomic E-state index is 1.12. The van der Waals surface area contributed by atoms with Crippen molar-refractivity contribution >= 4 is 102 Å². The van der Waals surface area contributed by atoms with Gasteiger partial charge in [-0.3, -0.25) is 4.98 Å². The highest BCUT2D eigenvalue weighted by Crippen LogP contribution is 2.42. The van der Waals surface area contributed by atoms with Gasteiger partial charge in [0.15, 0.2) is 0 Å². The molecule has 0 amide bonds. The van der Waals surface area contributed by atoms with Crippen LogP contribution < -0.4 is 4.90 Å². The minimum Gasteiger partial charge on any atom is -0.310 e. The van der Waals surface area contributed by atoms with E-state index in [2.05, 4.69) is 174 Å². The highest BCUT2D eigenvalue weighted by Gasteiger charge is 2.16. The van der Waals surface area contributed by atoms with Gasteiger partial charge < -0.3 is 4.90 Å². The highest BCUT2D eigenvalue weighted by molar-refractivity contribution is 7.26. The molecule has 3 aromatic heterocycles. The maximum absolute atomic E-state index is 4.29. The summed E-state index contributed by atoms with van der Waals surface area (Å²) in [6.07, 6.45) is 3.72. The number of rotatable bonds is 5. The van der Waals surface area contributed by atoms with Gasteiger partial charge in [0.25, 0.3) is 0 Å². The first kappa shape index (κ1) is 30.3. The fourth-order valence-corrected chi connectivity index (χ4v) is 10.1. The molecule has 4 heteroatoms. The molecule has 0 spiro atoms. The van der Waals surface area contributed by atoms with Gasteiger partial charge in [0.05, 0.1) is 0 Å². The van der Waals surface area contributed by atoms with E-state index < -0.39 is 0 Å². The van der Waals surface area contributed by atoms with E-state index in [4.69, 9.17) is 0 Å². The molecule has 0 N–H and O–H groups in total. The molecule has 11 aromatic rings. The van der Waals surface area contributed by atoms with Crippen molar-refractivity contribution in [3.63, 3.8) is 0 Å². The normalized spacial score (nSPS) is 11.8. The number of hydrogen-bond acceptors (Lipinski definition) is 4. The molecule has 0 unspecified atom stereocenters. The first-order chi connectivity index (χ1) is 26.2. The van der Waals surface area contributed by atoms with Gasteiger partial charge in [-0.2, -0.15) is 0 Å². The number of fused-ring (bicyclic) bond motifs is 8. The standard InChI is InChI=1S/C49H30N2S2/c1-3-9-46-42(7-1)44-26-34-17-21-40(24-37(34)28-48(44)52-46)51(39-19-15-32(16-20-39)31-11-13-33(14-12-31)36-6-5-23-50-30-36)41-22-18-35-27-45-43-8-2-4-10-47(43)53-49(45)29-38(35)25-41/h1-30H. The fourth-order valence-electron chi connectivity index (χ4n) is 7.83. The van der Waals surface area contributed by atoms with Gasteiger partial charge in [-0.15, -0.1) is 22.7 Å². The van der Waals surface area contributed by atoms with Gasteiger partial charge in [-0.05, 0) is 123 Å². The van der Waals surface area contributed by atoms with E-state index in [1.165, 1.54) is 73.0 Å². The van der Waals surface area contributed by atoms with E-state index in [0.717, 1.165) is 28.2 Å². The van der Waals surface area contributed by atoms with E-state index in [1.54, 1.807) is 0 Å². The summed E-state index contributed by atoms with van der Waals surface area (Å²) in [5, 5.41) is 10.3. The number of thiophene rings is 2. The van der Waals surface area contributed by atoms with Crippen molar-refractivity contribution in [3.8, 4) is 22.3 Å². The predicted octanol–water partition coefficient (Wildman–Crippen LogP) is 14.9. The zero-order valence-corrected chi connectivity index (χ0v) is 30.2. The minimum atomic E-state index is 1.12. The lowest BCUT2D eigenvalue weighted by Crippen LogP contribution is -2.09. The lowest BCUT2D eigenvalue weighted by atomic mass is 10.0. The van der Waals surface area contributed by atoms with Crippen LogP contribution in [0.3, 0.4) is 0 Å². The Morgan fingerprint density at radius 1 is 0.340 bits per heavy atom. The van der Waals surface area contributed by atoms with Crippen LogP contribution in [0.15, 0.2) is 182 Å². The van der Waals surface area contributed by atoms with Crippen molar-refractivity contribution in [2.75, 3.05) is 4.90 Å². The number of benzene rings is 8. The Morgan fingerprint density at radius 3 is 1.36 bits per heavy atom. The molecule has 8 aromatic carbocycles. The van der Waals surface area contributed by atoms with Crippen LogP contribution in [-0.4, -0.2) is 4.98 Å². The lowest BCUT2D eigenvalue weighted by Gasteiger charge is -2.26. The molecule has 0 saturated heterocycles. The third-order valence-electron chi connectivity index (χ3n) is 10.5. The number of hydrogen-bond donors (Lipinski definition) is 0. The molecule has 3 heterocycles. The average molecular weight is 711 g/mol. The molecule has 0 fully saturated rings. The summed E-state index contributed by atoms with van der Waals surface area (Å²) in [5.41, 5.74) is 8.04. The van der Waals surface area contributed by atoms with Crippen molar-refractivity contribution in [3.05, 3.63) is 182 Å². The van der Waals surface area contributed by atoms with E-state index in [1.807, 2.05) is 41.1 Å². The molecule has 248 valence electrons. The fraction of sp³-hybridized carbons (Fsp3) is 0. The third kappa shape index (κ3) is 5.18. The summed E-state index contributed by atoms with van der Waals surface area (Å²) in [4.78, 5) is 6.69. The zero-order valence-electron chi connectivity index (χ0n) is 28.5. The zero-order chi connectivity index (χ0) is 34.9. The Hall–Kier alpha value is -6.33. The van der Waals surface area contributed by atoms with E-state index in [-0.39, 0.29) is 0 Å². The van der Waals surface area contributed by atoms with Crippen LogP contribution in [-0.2, 0) is 0 Å². The summed E-state index contributed by atoms with van der Waals surface area (Å²) >= 11 is 3.74. The van der Waals surface area contributed by atoms with Gasteiger partial charge in [-0.25, -0.2) is 0 Å². The predicted molar refractivity (Wildman–Crippen MR) is 231 cm³/mol. The van der Waals surface area contributed by atoms with E-state index in [9.17, 15) is 0 Å². The number of anilines is 3. The maximum Gasteiger partial charge on any atom is 0.0468 e. The molecule has 11 rings (SSSR count). The lowest BCUT2D eigenvalue weighted by molar-refractivity contribution is 1.29. The highest BCUT2D eigenvalue weighted by atomic mass is 32.1. The summed E-state index contributed by atoms with van der Waals surface area (Å²) in [6, 6.07) is 62.5. The molecule has 0 aliphatic heterocycles. The average Bonchev–Trinajstić information content (AvgIpc) is 3.77. The molecular weight excluding hydrogens is 681 g/mol. The van der Waals surface area contributed by atoms with Gasteiger partial charge in [-0.1, -0.05) is 91.0 Å². The van der Waals surface area contributed by atoms with Crippen molar-refractivity contribution in [1.29, 1.82) is 0 Å². The Bertz CT molecular complexity index is 3000. The Labute approximate surface area is 314 Å². The van der Waals surface area contributed by atoms with Crippen molar-refractivity contribution < 1.29 is 0 Å². The van der Waals surface area contributed by atoms with E-state index in [0.29, 0.717) is 0 Å². The van der Waals surface area contributed by atoms with Crippen LogP contribution in [0.5, 0.6) is 0 Å². The first-order valence-electron chi connectivity index (χ1n) is 17.8. The van der Waals surface area contributed by atoms with Crippen LogP contribution in [0.4, 0.5) is 17.1 Å². The molecule has 2 nitrogen and oxygen atoms in total. The Balaban J connectivity index is 1.04. The second-order valence-corrected chi connectivity index (χ2v) is 15.8. The number of nitrogens with zero attached hydrogens (tertiary/aromatic N) is 2. The summed E-state index contributed by atoms with van der Waals surface area (Å²) in [5.74, 6) is 0. The molecule has 0 aliphatic rings. The molecule has 0 saturated carbocycles. The molecule has 0 aliphatic carbocycles. The maximum atomic E-state index is 4.29. The SMILES string of the molecule is c1cncc(-c2ccc(-c3ccc(N(c4ccc5cc6c(cc5c4)sc4ccccc46)c4ccc5cc6c(cc5c4)sc4ccccc46)cc3)cc2)c1. The number of aromatic nitrogens is 1. The largest absolute Gasteiger partial charge is 0.310 e. The third-order valence-corrected chi connectivity index (χ3v) is 12.8. The van der Waals surface area contributed by atoms with Crippen LogP contribution in [0.25, 0.3) is 84.1 Å². The van der Waals surface area contributed by atoms with Gasteiger partial charge >= 0.3 is 0 Å². The Kier molecular flexibility index (Phi) is 6.94. The molecule has 0 radical (unpaired) electrons. The molecule has 0 atom stereocenters. The molecule has 53 heavy (non-hydrogen) atoms. The monoisotopic (exact) mass is 710 g/mol. The first-order valence-corrected chi connectivity index (χ1v) is 19.5. The van der Waals surface area contributed by atoms with Crippen molar-refractivity contribution in [2.45, 2.75) is 0 Å². The topological polar surface area (TPSA) is 16.1 Å². The van der Waals surface area contributed by atoms with Gasteiger partial charge in [0.2, 0.25) is 0 Å². The summed E-state index contributed by atoms with van der Waals surface area (Å²) < 4.78 is 5.30. The van der Waals surface area contributed by atoms with E-state index >= 15 is 0 Å². The smallest absolute Gasteiger partial charge is 0.0468 e. The summed E-state index contributed by atoms with van der Waals surface area (Å²) in [7, 11) is 0. The quantitative estimate of drug-likeness (QED) is 0.177. The van der Waals surface area contributed by atoms with Gasteiger partial charge in [0.1, 0.15) is 0 Å². The Morgan fingerprint density at radius 2 is 0.830 bits per heavy atom. The van der Waals surface area contributed by atoms with Crippen LogP contribution in [0.2, 0.25) is 0 Å². The van der Waals surface area contributed by atoms with Gasteiger partial charge in [0, 0.05) is 69.8 Å². The van der Waals surface area contributed by atoms with Crippen molar-refractivity contribution in [2.24, 2.45) is 0 Å². The number of pyridine rings is 1. The van der Waals surface area contributed by atoms with Crippen molar-refractivity contribution in [1.82, 2.24) is 4.98 Å². The second kappa shape index (κ2) is 12.1. The van der Waals surface area contributed by atoms with Crippen LogP contribution in [0.1, 0.15) is 0 Å². The molecule has 0 bridgehead atoms. The second-order valence-electron chi connectivity index (χ2n) is 13.7. The summed E-state index contributed by atoms with van der Waals surface area (Å²) in [6.45, 7) is 0. The molecular formula is C49H30N2S2. The van der Waals surface area contributed by atoms with Crippen LogP contribution in [0, 0.1) is 0 Å². The van der Waals surface area contributed by atoms with Crippen LogP contribution >= 0.6 is 22.7 Å².